The van der Waals surface area contributed by atoms with E-state index in [4.69, 9.17) is 9.84 Å². The predicted molar refractivity (Wildman–Crippen MR) is 131 cm³/mol. The summed E-state index contributed by atoms with van der Waals surface area (Å²) in [7, 11) is 1.60. The zero-order valence-electron chi connectivity index (χ0n) is 20.6. The van der Waals surface area contributed by atoms with Crippen LogP contribution >= 0.6 is 0 Å². The van der Waals surface area contributed by atoms with E-state index in [9.17, 15) is 27.2 Å². The van der Waals surface area contributed by atoms with Crippen molar-refractivity contribution in [2.45, 2.75) is 26.1 Å². The molecule has 0 aromatic heterocycles. The number of carbonyl (C=O) groups excluding carboxylic acids is 2. The van der Waals surface area contributed by atoms with Crippen LogP contribution in [0.15, 0.2) is 48.5 Å². The van der Waals surface area contributed by atoms with E-state index in [1.54, 1.807) is 20.0 Å². The smallest absolute Gasteiger partial charge is 0.325 e. The molecule has 0 fully saturated rings. The second kappa shape index (κ2) is 11.1. The Labute approximate surface area is 216 Å². The van der Waals surface area contributed by atoms with Gasteiger partial charge in [-0.15, -0.1) is 0 Å². The van der Waals surface area contributed by atoms with Crippen molar-refractivity contribution in [1.29, 1.82) is 0 Å². The van der Waals surface area contributed by atoms with E-state index in [2.05, 4.69) is 5.32 Å². The minimum atomic E-state index is -1.13. The Balaban J connectivity index is 1.63. The highest BCUT2D eigenvalue weighted by atomic mass is 19.1. The van der Waals surface area contributed by atoms with Crippen LogP contribution in [-0.4, -0.2) is 42.2 Å². The average molecular weight is 532 g/mol. The highest BCUT2D eigenvalue weighted by Gasteiger charge is 2.34. The normalized spacial score (nSPS) is 14.9. The van der Waals surface area contributed by atoms with Crippen LogP contribution in [-0.2, 0) is 13.1 Å². The summed E-state index contributed by atoms with van der Waals surface area (Å²) in [4.78, 5) is 28.9. The van der Waals surface area contributed by atoms with Gasteiger partial charge in [0, 0.05) is 42.4 Å². The first kappa shape index (κ1) is 26.9. The molecule has 1 aliphatic heterocycles. The number of hydrogen-bond donors (Lipinski definition) is 2. The molecule has 11 heteroatoms. The van der Waals surface area contributed by atoms with Crippen molar-refractivity contribution in [1.82, 2.24) is 10.2 Å². The fourth-order valence-electron chi connectivity index (χ4n) is 4.20. The minimum absolute atomic E-state index is 0.0149. The number of aliphatic hydroxyl groups is 1. The van der Waals surface area contributed by atoms with Crippen molar-refractivity contribution in [3.8, 4) is 5.75 Å². The van der Waals surface area contributed by atoms with Crippen LogP contribution in [0.25, 0.3) is 0 Å². The minimum Gasteiger partial charge on any atom is -0.491 e. The Morgan fingerprint density at radius 3 is 2.42 bits per heavy atom. The molecule has 200 valence electrons. The van der Waals surface area contributed by atoms with Crippen LogP contribution < -0.4 is 15.0 Å². The fraction of sp³-hybridized carbons (Fsp3) is 0.259. The lowest BCUT2D eigenvalue weighted by molar-refractivity contribution is 0.0950. The van der Waals surface area contributed by atoms with E-state index in [-0.39, 0.29) is 36.9 Å². The number of nitrogens with one attached hydrogen (secondary N) is 1. The molecule has 0 spiro atoms. The van der Waals surface area contributed by atoms with E-state index < -0.39 is 47.3 Å². The molecular formula is C27H25F4N3O4. The van der Waals surface area contributed by atoms with Crippen molar-refractivity contribution < 1.29 is 37.0 Å². The number of ether oxygens (including phenoxy) is 1. The van der Waals surface area contributed by atoms with Gasteiger partial charge in [0.2, 0.25) is 0 Å². The molecule has 4 rings (SSSR count). The lowest BCUT2D eigenvalue weighted by Crippen LogP contribution is -2.46. The first-order valence-electron chi connectivity index (χ1n) is 11.7. The number of amides is 3. The van der Waals surface area contributed by atoms with Gasteiger partial charge in [0.25, 0.3) is 5.91 Å². The lowest BCUT2D eigenvalue weighted by atomic mass is 9.98. The summed E-state index contributed by atoms with van der Waals surface area (Å²) in [5.41, 5.74) is 0.825. The molecule has 0 bridgehead atoms. The average Bonchev–Trinajstić information content (AvgIpc) is 2.88. The Hall–Kier alpha value is -4.12. The zero-order valence-corrected chi connectivity index (χ0v) is 20.6. The van der Waals surface area contributed by atoms with Crippen LogP contribution in [0.3, 0.4) is 0 Å². The third-order valence-electron chi connectivity index (χ3n) is 6.38. The first-order chi connectivity index (χ1) is 18.1. The molecule has 7 nitrogen and oxygen atoms in total. The molecule has 0 radical (unpaired) electrons. The predicted octanol–water partition coefficient (Wildman–Crippen LogP) is 4.68. The summed E-state index contributed by atoms with van der Waals surface area (Å²) >= 11 is 0. The topological polar surface area (TPSA) is 82.1 Å². The number of anilines is 1. The maximum absolute atomic E-state index is 14.7. The fourth-order valence-corrected chi connectivity index (χ4v) is 4.20. The monoisotopic (exact) mass is 531 g/mol. The molecule has 1 atom stereocenters. The number of rotatable bonds is 8. The molecule has 3 amide bonds. The molecule has 0 aliphatic carbocycles. The zero-order chi connectivity index (χ0) is 27.6. The van der Waals surface area contributed by atoms with Gasteiger partial charge in [-0.3, -0.25) is 9.69 Å². The van der Waals surface area contributed by atoms with Gasteiger partial charge >= 0.3 is 6.03 Å². The molecule has 0 saturated carbocycles. The molecule has 1 heterocycles. The first-order valence-corrected chi connectivity index (χ1v) is 11.7. The molecule has 2 N–H and O–H groups in total. The van der Waals surface area contributed by atoms with Gasteiger partial charge in [0.05, 0.1) is 24.9 Å². The summed E-state index contributed by atoms with van der Waals surface area (Å²) in [5, 5.41) is 11.4. The highest BCUT2D eigenvalue weighted by molar-refractivity contribution is 5.99. The van der Waals surface area contributed by atoms with Gasteiger partial charge in [0.15, 0.2) is 0 Å². The number of halogens is 4. The number of carbonyl (C=O) groups is 2. The summed E-state index contributed by atoms with van der Waals surface area (Å²) in [6, 6.07) is 8.91. The maximum atomic E-state index is 14.7. The van der Waals surface area contributed by atoms with E-state index in [0.29, 0.717) is 29.1 Å². The van der Waals surface area contributed by atoms with E-state index in [0.717, 1.165) is 0 Å². The molecule has 38 heavy (non-hydrogen) atoms. The van der Waals surface area contributed by atoms with Crippen LogP contribution in [0, 0.1) is 23.3 Å². The van der Waals surface area contributed by atoms with Crippen molar-refractivity contribution >= 4 is 17.6 Å². The second-order valence-electron chi connectivity index (χ2n) is 8.79. The summed E-state index contributed by atoms with van der Waals surface area (Å²) in [5.74, 6) is -4.27. The molecule has 1 unspecified atom stereocenters. The Morgan fingerprint density at radius 2 is 1.74 bits per heavy atom. The number of aliphatic hydroxyl groups excluding tert-OH is 1. The van der Waals surface area contributed by atoms with Gasteiger partial charge in [-0.2, -0.15) is 0 Å². The summed E-state index contributed by atoms with van der Waals surface area (Å²) in [6.07, 6.45) is 0. The largest absolute Gasteiger partial charge is 0.491 e. The van der Waals surface area contributed by atoms with Crippen molar-refractivity contribution in [3.05, 3.63) is 94.1 Å². The Morgan fingerprint density at radius 1 is 1.03 bits per heavy atom. The Bertz CT molecular complexity index is 1360. The third kappa shape index (κ3) is 5.42. The maximum Gasteiger partial charge on any atom is 0.325 e. The number of urea groups is 1. The molecule has 1 aliphatic rings. The van der Waals surface area contributed by atoms with Gasteiger partial charge in [0.1, 0.15) is 35.6 Å². The van der Waals surface area contributed by atoms with Crippen LogP contribution in [0.1, 0.15) is 40.0 Å². The lowest BCUT2D eigenvalue weighted by Gasteiger charge is -2.39. The van der Waals surface area contributed by atoms with Gasteiger partial charge < -0.3 is 20.1 Å². The molecule has 3 aromatic rings. The summed E-state index contributed by atoms with van der Waals surface area (Å²) < 4.78 is 61.1. The standard InChI is InChI=1S/C27H25F4N3O4/c1-15-20-5-3-16(26(36)32-13-21-23(30)11-18(28)12-24(21)31)10-25(20)34(27(37)33(15)2)14-17-9-19(38-8-7-35)4-6-22(17)29/h3-6,9-12,15,35H,7-8,13-14H2,1-2H3,(H,32,36). The van der Waals surface area contributed by atoms with Crippen LogP contribution in [0.5, 0.6) is 5.75 Å². The number of nitrogens with zero attached hydrogens (tertiary/aromatic N) is 2. The number of fused-ring (bicyclic) bond motifs is 1. The SMILES string of the molecule is CC1c2ccc(C(=O)NCc3c(F)cc(F)cc3F)cc2N(Cc2cc(OCCO)ccc2F)C(=O)N1C. The molecule has 3 aromatic carbocycles. The van der Waals surface area contributed by atoms with Crippen molar-refractivity contribution in [2.75, 3.05) is 25.2 Å². The van der Waals surface area contributed by atoms with Gasteiger partial charge in [-0.1, -0.05) is 6.07 Å². The van der Waals surface area contributed by atoms with E-state index >= 15 is 0 Å². The quantitative estimate of drug-likeness (QED) is 0.414. The summed E-state index contributed by atoms with van der Waals surface area (Å²) in [6.45, 7) is 0.890. The second-order valence-corrected chi connectivity index (χ2v) is 8.79. The number of benzene rings is 3. The Kier molecular flexibility index (Phi) is 7.86. The van der Waals surface area contributed by atoms with Gasteiger partial charge in [-0.05, 0) is 42.8 Å². The van der Waals surface area contributed by atoms with Crippen LogP contribution in [0.2, 0.25) is 0 Å². The third-order valence-corrected chi connectivity index (χ3v) is 6.38. The number of hydrogen-bond acceptors (Lipinski definition) is 4. The van der Waals surface area contributed by atoms with E-state index in [1.807, 2.05) is 0 Å². The van der Waals surface area contributed by atoms with Gasteiger partial charge in [-0.25, -0.2) is 22.4 Å². The molecule has 0 saturated heterocycles. The molecular weight excluding hydrogens is 506 g/mol. The highest BCUT2D eigenvalue weighted by Crippen LogP contribution is 2.37. The van der Waals surface area contributed by atoms with Crippen LogP contribution in [0.4, 0.5) is 28.0 Å². The van der Waals surface area contributed by atoms with Crippen molar-refractivity contribution in [2.24, 2.45) is 0 Å². The van der Waals surface area contributed by atoms with Crippen molar-refractivity contribution in [3.63, 3.8) is 0 Å². The van der Waals surface area contributed by atoms with E-state index in [1.165, 1.54) is 40.1 Å².